The Balaban J connectivity index is 2.22. The standard InChI is InChI=1S/C16H9BrF2N2O/c17-16-12(9-22)15(10-4-2-1-3-5-10)20-21(16)14-7-6-11(18)8-13(14)19/h1-9H. The van der Waals surface area contributed by atoms with Gasteiger partial charge in [-0.15, -0.1) is 0 Å². The molecule has 3 aromatic rings. The van der Waals surface area contributed by atoms with E-state index in [0.717, 1.165) is 17.7 Å². The second-order valence-corrected chi connectivity index (χ2v) is 5.30. The van der Waals surface area contributed by atoms with Crippen molar-refractivity contribution in [3.05, 3.63) is 70.3 Å². The van der Waals surface area contributed by atoms with Gasteiger partial charge in [0.25, 0.3) is 0 Å². The second kappa shape index (κ2) is 5.81. The van der Waals surface area contributed by atoms with E-state index in [1.54, 1.807) is 12.1 Å². The number of aromatic nitrogens is 2. The highest BCUT2D eigenvalue weighted by molar-refractivity contribution is 9.10. The minimum Gasteiger partial charge on any atom is -0.298 e. The Hall–Kier alpha value is -2.34. The number of carbonyl (C=O) groups is 1. The molecule has 0 saturated carbocycles. The molecule has 0 bridgehead atoms. The topological polar surface area (TPSA) is 34.9 Å². The van der Waals surface area contributed by atoms with Gasteiger partial charge in [-0.2, -0.15) is 5.10 Å². The van der Waals surface area contributed by atoms with E-state index in [-0.39, 0.29) is 5.69 Å². The number of benzene rings is 2. The first-order valence-corrected chi connectivity index (χ1v) is 7.15. The van der Waals surface area contributed by atoms with E-state index in [1.807, 2.05) is 18.2 Å². The average molecular weight is 363 g/mol. The van der Waals surface area contributed by atoms with Crippen LogP contribution >= 0.6 is 15.9 Å². The molecule has 0 atom stereocenters. The third-order valence-electron chi connectivity index (χ3n) is 3.17. The van der Waals surface area contributed by atoms with Gasteiger partial charge in [0.2, 0.25) is 0 Å². The average Bonchev–Trinajstić information content (AvgIpc) is 2.85. The highest BCUT2D eigenvalue weighted by Gasteiger charge is 2.19. The van der Waals surface area contributed by atoms with Crippen LogP contribution in [0.15, 0.2) is 53.1 Å². The number of halogens is 3. The van der Waals surface area contributed by atoms with E-state index in [1.165, 1.54) is 10.7 Å². The molecule has 0 N–H and O–H groups in total. The quantitative estimate of drug-likeness (QED) is 0.647. The monoisotopic (exact) mass is 362 g/mol. The Morgan fingerprint density at radius 3 is 2.45 bits per heavy atom. The summed E-state index contributed by atoms with van der Waals surface area (Å²) in [6, 6.07) is 12.2. The SMILES string of the molecule is O=Cc1c(-c2ccccc2)nn(-c2ccc(F)cc2F)c1Br. The Morgan fingerprint density at radius 1 is 1.09 bits per heavy atom. The van der Waals surface area contributed by atoms with Crippen molar-refractivity contribution < 1.29 is 13.6 Å². The van der Waals surface area contributed by atoms with Crippen LogP contribution < -0.4 is 0 Å². The molecule has 0 spiro atoms. The summed E-state index contributed by atoms with van der Waals surface area (Å²) in [6.45, 7) is 0. The first-order valence-electron chi connectivity index (χ1n) is 6.36. The normalized spacial score (nSPS) is 10.7. The Kier molecular flexibility index (Phi) is 3.85. The fourth-order valence-corrected chi connectivity index (χ4v) is 2.69. The fraction of sp³-hybridized carbons (Fsp3) is 0. The van der Waals surface area contributed by atoms with E-state index < -0.39 is 11.6 Å². The van der Waals surface area contributed by atoms with E-state index in [0.29, 0.717) is 22.1 Å². The molecule has 3 rings (SSSR count). The van der Waals surface area contributed by atoms with Crippen LogP contribution in [0, 0.1) is 11.6 Å². The first-order chi connectivity index (χ1) is 10.6. The zero-order valence-electron chi connectivity index (χ0n) is 11.1. The summed E-state index contributed by atoms with van der Waals surface area (Å²) >= 11 is 3.26. The van der Waals surface area contributed by atoms with Crippen molar-refractivity contribution in [2.24, 2.45) is 0 Å². The maximum atomic E-state index is 14.0. The summed E-state index contributed by atoms with van der Waals surface area (Å²) in [5.74, 6) is -1.44. The molecule has 0 aliphatic rings. The molecule has 0 fully saturated rings. The first kappa shape index (κ1) is 14.6. The number of rotatable bonds is 3. The number of carbonyl (C=O) groups excluding carboxylic acids is 1. The number of aldehydes is 1. The molecule has 3 nitrogen and oxygen atoms in total. The van der Waals surface area contributed by atoms with Crippen molar-refractivity contribution in [3.8, 4) is 16.9 Å². The van der Waals surface area contributed by atoms with Gasteiger partial charge in [0.1, 0.15) is 21.8 Å². The van der Waals surface area contributed by atoms with Gasteiger partial charge in [-0.05, 0) is 28.1 Å². The van der Waals surface area contributed by atoms with E-state index >= 15 is 0 Å². The highest BCUT2D eigenvalue weighted by atomic mass is 79.9. The number of nitrogens with zero attached hydrogens (tertiary/aromatic N) is 2. The zero-order valence-corrected chi connectivity index (χ0v) is 12.7. The van der Waals surface area contributed by atoms with Crippen LogP contribution in [0.25, 0.3) is 16.9 Å². The van der Waals surface area contributed by atoms with E-state index in [9.17, 15) is 13.6 Å². The smallest absolute Gasteiger partial charge is 0.155 e. The van der Waals surface area contributed by atoms with Crippen LogP contribution in [0.5, 0.6) is 0 Å². The molecule has 0 aliphatic heterocycles. The van der Waals surface area contributed by atoms with Crippen molar-refractivity contribution in [1.82, 2.24) is 9.78 Å². The molecular weight excluding hydrogens is 354 g/mol. The summed E-state index contributed by atoms with van der Waals surface area (Å²) in [4.78, 5) is 11.4. The van der Waals surface area contributed by atoms with Gasteiger partial charge in [0, 0.05) is 11.6 Å². The van der Waals surface area contributed by atoms with Crippen molar-refractivity contribution in [1.29, 1.82) is 0 Å². The van der Waals surface area contributed by atoms with Crippen LogP contribution in [-0.4, -0.2) is 16.1 Å². The van der Waals surface area contributed by atoms with Gasteiger partial charge in [-0.1, -0.05) is 30.3 Å². The number of hydrogen-bond acceptors (Lipinski definition) is 2. The van der Waals surface area contributed by atoms with Crippen LogP contribution in [0.4, 0.5) is 8.78 Å². The van der Waals surface area contributed by atoms with Crippen LogP contribution in [0.1, 0.15) is 10.4 Å². The lowest BCUT2D eigenvalue weighted by atomic mass is 10.1. The fourth-order valence-electron chi connectivity index (χ4n) is 2.14. The van der Waals surface area contributed by atoms with Crippen LogP contribution in [0.3, 0.4) is 0 Å². The summed E-state index contributed by atoms with van der Waals surface area (Å²) in [5.41, 5.74) is 1.51. The third-order valence-corrected chi connectivity index (χ3v) is 3.93. The van der Waals surface area contributed by atoms with Crippen molar-refractivity contribution >= 4 is 22.2 Å². The minimum atomic E-state index is -0.764. The maximum absolute atomic E-state index is 14.0. The molecule has 0 radical (unpaired) electrons. The predicted octanol–water partition coefficient (Wildman–Crippen LogP) is 4.39. The molecule has 1 heterocycles. The van der Waals surface area contributed by atoms with Gasteiger partial charge < -0.3 is 0 Å². The van der Waals surface area contributed by atoms with Crippen molar-refractivity contribution in [2.75, 3.05) is 0 Å². The molecule has 2 aromatic carbocycles. The van der Waals surface area contributed by atoms with Gasteiger partial charge in [0.15, 0.2) is 12.1 Å². The van der Waals surface area contributed by atoms with E-state index in [2.05, 4.69) is 21.0 Å². The van der Waals surface area contributed by atoms with Crippen molar-refractivity contribution in [2.45, 2.75) is 0 Å². The lowest BCUT2D eigenvalue weighted by molar-refractivity contribution is 0.112. The molecule has 22 heavy (non-hydrogen) atoms. The molecule has 0 amide bonds. The largest absolute Gasteiger partial charge is 0.298 e. The summed E-state index contributed by atoms with van der Waals surface area (Å²) in [7, 11) is 0. The van der Waals surface area contributed by atoms with E-state index in [4.69, 9.17) is 0 Å². The molecular formula is C16H9BrF2N2O. The minimum absolute atomic E-state index is 0.0542. The second-order valence-electron chi connectivity index (χ2n) is 4.54. The zero-order chi connectivity index (χ0) is 15.7. The lowest BCUT2D eigenvalue weighted by Crippen LogP contribution is -2.01. The van der Waals surface area contributed by atoms with Crippen LogP contribution in [-0.2, 0) is 0 Å². The Labute approximate surface area is 133 Å². The third kappa shape index (κ3) is 2.46. The van der Waals surface area contributed by atoms with Gasteiger partial charge in [-0.25, -0.2) is 13.5 Å². The Bertz CT molecular complexity index is 847. The van der Waals surface area contributed by atoms with Gasteiger partial charge in [-0.3, -0.25) is 4.79 Å². The lowest BCUT2D eigenvalue weighted by Gasteiger charge is -2.04. The maximum Gasteiger partial charge on any atom is 0.155 e. The molecule has 6 heteroatoms. The van der Waals surface area contributed by atoms with Crippen molar-refractivity contribution in [3.63, 3.8) is 0 Å². The summed E-state index contributed by atoms with van der Waals surface area (Å²) < 4.78 is 28.5. The number of hydrogen-bond donors (Lipinski definition) is 0. The van der Waals surface area contributed by atoms with Crippen LogP contribution in [0.2, 0.25) is 0 Å². The van der Waals surface area contributed by atoms with Gasteiger partial charge in [0.05, 0.1) is 5.56 Å². The molecule has 0 saturated heterocycles. The summed E-state index contributed by atoms with van der Waals surface area (Å²) in [6.07, 6.45) is 0.650. The summed E-state index contributed by atoms with van der Waals surface area (Å²) in [5, 5.41) is 4.29. The molecule has 0 unspecified atom stereocenters. The Morgan fingerprint density at radius 2 is 1.82 bits per heavy atom. The molecule has 0 aliphatic carbocycles. The highest BCUT2D eigenvalue weighted by Crippen LogP contribution is 2.30. The van der Waals surface area contributed by atoms with Gasteiger partial charge >= 0.3 is 0 Å². The molecule has 1 aromatic heterocycles. The predicted molar refractivity (Wildman–Crippen MR) is 82.0 cm³/mol. The molecule has 110 valence electrons.